The van der Waals surface area contributed by atoms with E-state index in [2.05, 4.69) is 9.55 Å². The van der Waals surface area contributed by atoms with Gasteiger partial charge in [0.15, 0.2) is 5.65 Å². The Balaban J connectivity index is 2.45. The zero-order valence-electron chi connectivity index (χ0n) is 12.8. The fourth-order valence-corrected chi connectivity index (χ4v) is 2.65. The number of nitrogens with zero attached hydrogens (tertiary/aromatic N) is 2. The number of fused-ring (bicyclic) bond motifs is 1. The lowest BCUT2D eigenvalue weighted by molar-refractivity contribution is 0.772. The smallest absolute Gasteiger partial charge is 0.260 e. The van der Waals surface area contributed by atoms with E-state index in [0.29, 0.717) is 5.39 Å². The summed E-state index contributed by atoms with van der Waals surface area (Å²) in [7, 11) is 0. The van der Waals surface area contributed by atoms with Gasteiger partial charge in [0.05, 0.1) is 5.39 Å². The Hall–Kier alpha value is -2.36. The molecule has 0 saturated heterocycles. The third-order valence-electron chi connectivity index (χ3n) is 3.94. The molecule has 0 radical (unpaired) electrons. The van der Waals surface area contributed by atoms with Crippen molar-refractivity contribution in [1.82, 2.24) is 14.5 Å². The average molecular weight is 281 g/mol. The summed E-state index contributed by atoms with van der Waals surface area (Å²) in [5.41, 5.74) is 3.75. The molecule has 4 nitrogen and oxygen atoms in total. The average Bonchev–Trinajstić information content (AvgIpc) is 2.72. The van der Waals surface area contributed by atoms with Crippen LogP contribution in [-0.4, -0.2) is 14.5 Å². The van der Waals surface area contributed by atoms with Gasteiger partial charge in [-0.1, -0.05) is 32.0 Å². The highest BCUT2D eigenvalue weighted by Gasteiger charge is 2.18. The first-order valence-electron chi connectivity index (χ1n) is 7.18. The molecule has 4 heteroatoms. The van der Waals surface area contributed by atoms with Crippen LogP contribution >= 0.6 is 0 Å². The molecule has 0 aliphatic heterocycles. The maximum Gasteiger partial charge on any atom is 0.260 e. The summed E-state index contributed by atoms with van der Waals surface area (Å²) in [4.78, 5) is 20.0. The van der Waals surface area contributed by atoms with Crippen molar-refractivity contribution in [2.24, 2.45) is 0 Å². The first-order valence-corrected chi connectivity index (χ1v) is 7.18. The summed E-state index contributed by atoms with van der Waals surface area (Å²) in [5, 5.41) is 0.681. The molecule has 1 N–H and O–H groups in total. The number of hydrogen-bond donors (Lipinski definition) is 1. The van der Waals surface area contributed by atoms with Crippen molar-refractivity contribution < 1.29 is 0 Å². The van der Waals surface area contributed by atoms with Crippen LogP contribution in [0.3, 0.4) is 0 Å². The van der Waals surface area contributed by atoms with E-state index in [-0.39, 0.29) is 11.5 Å². The van der Waals surface area contributed by atoms with Gasteiger partial charge in [-0.2, -0.15) is 0 Å². The lowest BCUT2D eigenvalue weighted by Gasteiger charge is -2.09. The van der Waals surface area contributed by atoms with Gasteiger partial charge < -0.3 is 4.98 Å². The van der Waals surface area contributed by atoms with Crippen molar-refractivity contribution in [1.29, 1.82) is 0 Å². The standard InChI is InChI=1S/C17H19N3O/c1-10(2)15-18-16-14(17(21)19-15)11(3)12(4)20(16)13-8-6-5-7-9-13/h5-10H,1-4H3,(H,18,19,21). The van der Waals surface area contributed by atoms with Crippen molar-refractivity contribution in [3.63, 3.8) is 0 Å². The summed E-state index contributed by atoms with van der Waals surface area (Å²) in [6.45, 7) is 8.06. The topological polar surface area (TPSA) is 50.7 Å². The van der Waals surface area contributed by atoms with Crippen LogP contribution in [0.4, 0.5) is 0 Å². The number of H-pyrrole nitrogens is 1. The first kappa shape index (κ1) is 13.6. The highest BCUT2D eigenvalue weighted by molar-refractivity contribution is 5.83. The van der Waals surface area contributed by atoms with Gasteiger partial charge in [0.1, 0.15) is 5.82 Å². The highest BCUT2D eigenvalue weighted by atomic mass is 16.1. The Bertz CT molecular complexity index is 857. The second-order valence-electron chi connectivity index (χ2n) is 5.69. The zero-order valence-corrected chi connectivity index (χ0v) is 12.8. The molecule has 0 spiro atoms. The van der Waals surface area contributed by atoms with Crippen molar-refractivity contribution in [2.45, 2.75) is 33.6 Å². The number of hydrogen-bond acceptors (Lipinski definition) is 2. The van der Waals surface area contributed by atoms with E-state index in [1.165, 1.54) is 0 Å². The van der Waals surface area contributed by atoms with Crippen molar-refractivity contribution in [2.75, 3.05) is 0 Å². The Morgan fingerprint density at radius 2 is 1.81 bits per heavy atom. The predicted molar refractivity (Wildman–Crippen MR) is 85.3 cm³/mol. The highest BCUT2D eigenvalue weighted by Crippen LogP contribution is 2.25. The maximum atomic E-state index is 12.4. The second kappa shape index (κ2) is 4.88. The van der Waals surface area contributed by atoms with Gasteiger partial charge in [-0.15, -0.1) is 0 Å². The van der Waals surface area contributed by atoms with Crippen molar-refractivity contribution in [3.05, 3.63) is 57.8 Å². The van der Waals surface area contributed by atoms with Crippen LogP contribution in [0.5, 0.6) is 0 Å². The van der Waals surface area contributed by atoms with Gasteiger partial charge in [-0.25, -0.2) is 4.98 Å². The number of aromatic nitrogens is 3. The SMILES string of the molecule is Cc1c(C)n(-c2ccccc2)c2nc(C(C)C)[nH]c(=O)c12. The lowest BCUT2D eigenvalue weighted by atomic mass is 10.2. The van der Waals surface area contributed by atoms with E-state index < -0.39 is 0 Å². The molecular weight excluding hydrogens is 262 g/mol. The molecular formula is C17H19N3O. The molecule has 0 aliphatic carbocycles. The summed E-state index contributed by atoms with van der Waals surface area (Å²) in [6.07, 6.45) is 0. The fraction of sp³-hybridized carbons (Fsp3) is 0.294. The molecule has 21 heavy (non-hydrogen) atoms. The first-order chi connectivity index (χ1) is 10.0. The van der Waals surface area contributed by atoms with Gasteiger partial charge in [0.25, 0.3) is 5.56 Å². The maximum absolute atomic E-state index is 12.4. The summed E-state index contributed by atoms with van der Waals surface area (Å²) in [5.74, 6) is 0.906. The molecule has 0 saturated carbocycles. The third kappa shape index (κ3) is 2.07. The van der Waals surface area contributed by atoms with Crippen LogP contribution in [0.2, 0.25) is 0 Å². The molecule has 0 bridgehead atoms. The van der Waals surface area contributed by atoms with E-state index in [4.69, 9.17) is 4.98 Å². The van der Waals surface area contributed by atoms with Crippen molar-refractivity contribution >= 4 is 11.0 Å². The molecule has 3 aromatic rings. The Morgan fingerprint density at radius 3 is 2.43 bits per heavy atom. The Morgan fingerprint density at radius 1 is 1.14 bits per heavy atom. The molecule has 0 fully saturated rings. The molecule has 2 heterocycles. The van der Waals surface area contributed by atoms with Gasteiger partial charge in [0, 0.05) is 17.3 Å². The van der Waals surface area contributed by atoms with E-state index in [1.807, 2.05) is 58.0 Å². The Labute approximate surface area is 123 Å². The summed E-state index contributed by atoms with van der Waals surface area (Å²) < 4.78 is 2.06. The zero-order chi connectivity index (χ0) is 15.1. The van der Waals surface area contributed by atoms with Gasteiger partial charge >= 0.3 is 0 Å². The molecule has 2 aromatic heterocycles. The summed E-state index contributed by atoms with van der Waals surface area (Å²) >= 11 is 0. The van der Waals surface area contributed by atoms with Crippen LogP contribution in [0.15, 0.2) is 35.1 Å². The second-order valence-corrected chi connectivity index (χ2v) is 5.69. The molecule has 0 atom stereocenters. The van der Waals surface area contributed by atoms with Crippen LogP contribution in [0.1, 0.15) is 36.8 Å². The number of para-hydroxylation sites is 1. The predicted octanol–water partition coefficient (Wildman–Crippen LogP) is 3.45. The largest absolute Gasteiger partial charge is 0.310 e. The van der Waals surface area contributed by atoms with Gasteiger partial charge in [0.2, 0.25) is 0 Å². The monoisotopic (exact) mass is 281 g/mol. The van der Waals surface area contributed by atoms with Crippen LogP contribution < -0.4 is 5.56 Å². The van der Waals surface area contributed by atoms with E-state index in [0.717, 1.165) is 28.4 Å². The third-order valence-corrected chi connectivity index (χ3v) is 3.94. The molecule has 0 amide bonds. The van der Waals surface area contributed by atoms with Crippen LogP contribution in [0.25, 0.3) is 16.7 Å². The number of aromatic amines is 1. The minimum absolute atomic E-state index is 0.0565. The molecule has 0 aliphatic rings. The lowest BCUT2D eigenvalue weighted by Crippen LogP contribution is -2.13. The van der Waals surface area contributed by atoms with Gasteiger partial charge in [-0.05, 0) is 31.5 Å². The molecule has 0 unspecified atom stereocenters. The molecule has 3 rings (SSSR count). The number of benzene rings is 1. The van der Waals surface area contributed by atoms with E-state index in [1.54, 1.807) is 0 Å². The fourth-order valence-electron chi connectivity index (χ4n) is 2.65. The normalized spacial score (nSPS) is 11.5. The summed E-state index contributed by atoms with van der Waals surface area (Å²) in [6, 6.07) is 10.0. The number of nitrogens with one attached hydrogen (secondary N) is 1. The molecule has 108 valence electrons. The van der Waals surface area contributed by atoms with Gasteiger partial charge in [-0.3, -0.25) is 9.36 Å². The molecule has 1 aromatic carbocycles. The van der Waals surface area contributed by atoms with Crippen molar-refractivity contribution in [3.8, 4) is 5.69 Å². The van der Waals surface area contributed by atoms with Crippen LogP contribution in [-0.2, 0) is 0 Å². The number of aryl methyl sites for hydroxylation is 1. The number of rotatable bonds is 2. The minimum Gasteiger partial charge on any atom is -0.310 e. The van der Waals surface area contributed by atoms with Crippen LogP contribution in [0, 0.1) is 13.8 Å². The van der Waals surface area contributed by atoms with E-state index in [9.17, 15) is 4.79 Å². The van der Waals surface area contributed by atoms with E-state index >= 15 is 0 Å². The Kier molecular flexibility index (Phi) is 3.16. The minimum atomic E-state index is -0.0565. The quantitative estimate of drug-likeness (QED) is 0.782.